The number of esters is 1. The molecule has 0 amide bonds. The fourth-order valence-electron chi connectivity index (χ4n) is 1.51. The second-order valence-corrected chi connectivity index (χ2v) is 3.95. The Hall–Kier alpha value is -2.65. The summed E-state index contributed by atoms with van der Waals surface area (Å²) in [5.41, 5.74) is -2.64. The molecule has 10 heteroatoms. The third-order valence-electron chi connectivity index (χ3n) is 2.46. The molecule has 112 valence electrons. The van der Waals surface area contributed by atoms with Crippen LogP contribution in [-0.2, 0) is 28.9 Å². The molecule has 0 saturated heterocycles. The summed E-state index contributed by atoms with van der Waals surface area (Å²) in [6.07, 6.45) is -2.49. The molecule has 0 fully saturated rings. The maximum Gasteiger partial charge on any atom is 0.421 e. The van der Waals surface area contributed by atoms with Gasteiger partial charge < -0.3 is 9.30 Å². The molecule has 0 aliphatic rings. The van der Waals surface area contributed by atoms with Crippen molar-refractivity contribution in [1.82, 2.24) is 19.7 Å². The summed E-state index contributed by atoms with van der Waals surface area (Å²) in [4.78, 5) is 26.8. The average molecular weight is 302 g/mol. The number of carbonyl (C=O) groups excluding carboxylic acids is 1. The molecule has 21 heavy (non-hydrogen) atoms. The van der Waals surface area contributed by atoms with Crippen molar-refractivity contribution in [2.45, 2.75) is 19.3 Å². The summed E-state index contributed by atoms with van der Waals surface area (Å²) in [5.74, 6) is -0.590. The van der Waals surface area contributed by atoms with Crippen molar-refractivity contribution in [2.75, 3.05) is 0 Å². The molecule has 0 aliphatic carbocycles. The van der Waals surface area contributed by atoms with E-state index >= 15 is 0 Å². The van der Waals surface area contributed by atoms with Gasteiger partial charge in [-0.15, -0.1) is 0 Å². The van der Waals surface area contributed by atoms with Crippen LogP contribution < -0.4 is 5.56 Å². The number of carbonyl (C=O) groups is 1. The monoisotopic (exact) mass is 302 g/mol. The van der Waals surface area contributed by atoms with Gasteiger partial charge in [0.1, 0.15) is 18.4 Å². The lowest BCUT2D eigenvalue weighted by Crippen LogP contribution is -2.30. The number of nitrogens with zero attached hydrogens (tertiary/aromatic N) is 3. The van der Waals surface area contributed by atoms with Gasteiger partial charge in [-0.3, -0.25) is 14.7 Å². The molecule has 0 aliphatic heterocycles. The van der Waals surface area contributed by atoms with Crippen molar-refractivity contribution in [2.24, 2.45) is 0 Å². The number of halogens is 3. The second-order valence-electron chi connectivity index (χ2n) is 3.95. The van der Waals surface area contributed by atoms with Gasteiger partial charge in [-0.25, -0.2) is 4.98 Å². The van der Waals surface area contributed by atoms with E-state index in [1.54, 1.807) is 0 Å². The fourth-order valence-corrected chi connectivity index (χ4v) is 1.51. The Bertz CT molecular complexity index is 679. The first-order chi connectivity index (χ1) is 9.88. The zero-order valence-electron chi connectivity index (χ0n) is 10.4. The molecule has 0 radical (unpaired) electrons. The highest BCUT2D eigenvalue weighted by molar-refractivity contribution is 5.69. The highest BCUT2D eigenvalue weighted by atomic mass is 19.4. The van der Waals surface area contributed by atoms with Crippen LogP contribution in [-0.4, -0.2) is 25.7 Å². The van der Waals surface area contributed by atoms with E-state index in [0.29, 0.717) is 10.6 Å². The van der Waals surface area contributed by atoms with Crippen LogP contribution in [0.2, 0.25) is 0 Å². The molecule has 2 aromatic rings. The number of rotatable bonds is 4. The Morgan fingerprint density at radius 1 is 1.43 bits per heavy atom. The Balaban J connectivity index is 2.06. The molecule has 0 saturated carbocycles. The highest BCUT2D eigenvalue weighted by Gasteiger charge is 2.34. The van der Waals surface area contributed by atoms with E-state index in [0.717, 1.165) is 12.3 Å². The number of aromatic nitrogens is 4. The van der Waals surface area contributed by atoms with Crippen LogP contribution in [0.4, 0.5) is 13.2 Å². The van der Waals surface area contributed by atoms with E-state index in [2.05, 4.69) is 15.2 Å². The van der Waals surface area contributed by atoms with Gasteiger partial charge in [0, 0.05) is 6.20 Å². The standard InChI is InChI=1S/C11H9F3N4O3/c12-11(13,14)7-2-1-3-18(10(7)20)4-9(19)21-5-8-15-6-16-17-8/h1-3,6H,4-5H2,(H,15,16,17). The molecule has 0 aromatic carbocycles. The Morgan fingerprint density at radius 2 is 2.19 bits per heavy atom. The van der Waals surface area contributed by atoms with E-state index in [4.69, 9.17) is 4.74 Å². The largest absolute Gasteiger partial charge is 0.456 e. The Morgan fingerprint density at radius 3 is 2.81 bits per heavy atom. The number of nitrogens with one attached hydrogen (secondary N) is 1. The summed E-state index contributed by atoms with van der Waals surface area (Å²) in [6.45, 7) is -0.844. The fraction of sp³-hybridized carbons (Fsp3) is 0.273. The van der Waals surface area contributed by atoms with Gasteiger partial charge in [-0.1, -0.05) is 0 Å². The molecule has 2 heterocycles. The lowest BCUT2D eigenvalue weighted by molar-refractivity contribution is -0.146. The second kappa shape index (κ2) is 5.77. The molecule has 2 aromatic heterocycles. The van der Waals surface area contributed by atoms with Gasteiger partial charge in [0.05, 0.1) is 0 Å². The minimum Gasteiger partial charge on any atom is -0.456 e. The molecular formula is C11H9F3N4O3. The number of pyridine rings is 1. The van der Waals surface area contributed by atoms with E-state index in [-0.39, 0.29) is 12.4 Å². The number of aromatic amines is 1. The molecule has 2 rings (SSSR count). The number of alkyl halides is 3. The maximum absolute atomic E-state index is 12.6. The number of ether oxygens (including phenoxy) is 1. The van der Waals surface area contributed by atoms with Crippen LogP contribution >= 0.6 is 0 Å². The Kier molecular flexibility index (Phi) is 4.05. The van der Waals surface area contributed by atoms with Crippen LogP contribution in [0.15, 0.2) is 29.5 Å². The number of hydrogen-bond acceptors (Lipinski definition) is 5. The number of hydrogen-bond donors (Lipinski definition) is 1. The van der Waals surface area contributed by atoms with Gasteiger partial charge in [0.15, 0.2) is 12.4 Å². The topological polar surface area (TPSA) is 89.9 Å². The quantitative estimate of drug-likeness (QED) is 0.841. The van der Waals surface area contributed by atoms with E-state index in [1.807, 2.05) is 0 Å². The molecule has 0 spiro atoms. The minimum absolute atomic E-state index is 0.216. The summed E-state index contributed by atoms with van der Waals surface area (Å²) in [6, 6.07) is 1.69. The van der Waals surface area contributed by atoms with Crippen LogP contribution in [0.5, 0.6) is 0 Å². The smallest absolute Gasteiger partial charge is 0.421 e. The van der Waals surface area contributed by atoms with Gasteiger partial charge in [-0.2, -0.15) is 18.3 Å². The summed E-state index contributed by atoms with van der Waals surface area (Å²) in [5, 5.41) is 5.97. The van der Waals surface area contributed by atoms with Gasteiger partial charge in [0.2, 0.25) is 0 Å². The third-order valence-corrected chi connectivity index (χ3v) is 2.46. The first kappa shape index (κ1) is 14.8. The molecule has 1 N–H and O–H groups in total. The molecular weight excluding hydrogens is 293 g/mol. The van der Waals surface area contributed by atoms with Crippen LogP contribution in [0.3, 0.4) is 0 Å². The zero-order chi connectivity index (χ0) is 15.5. The normalized spacial score (nSPS) is 11.4. The minimum atomic E-state index is -4.77. The van der Waals surface area contributed by atoms with Crippen LogP contribution in [0.1, 0.15) is 11.4 Å². The van der Waals surface area contributed by atoms with Gasteiger partial charge in [0.25, 0.3) is 5.56 Å². The van der Waals surface area contributed by atoms with E-state index < -0.39 is 29.8 Å². The first-order valence-electron chi connectivity index (χ1n) is 5.64. The lowest BCUT2D eigenvalue weighted by Gasteiger charge is -2.09. The first-order valence-corrected chi connectivity index (χ1v) is 5.64. The predicted molar refractivity (Wildman–Crippen MR) is 61.9 cm³/mol. The van der Waals surface area contributed by atoms with Crippen molar-refractivity contribution in [3.8, 4) is 0 Å². The summed E-state index contributed by atoms with van der Waals surface area (Å²) in [7, 11) is 0. The predicted octanol–water partition coefficient (Wildman–Crippen LogP) is 0.729. The maximum atomic E-state index is 12.6. The SMILES string of the molecule is O=C(Cn1cccc(C(F)(F)F)c1=O)OCc1ncn[nH]1. The van der Waals surface area contributed by atoms with Gasteiger partial charge >= 0.3 is 12.1 Å². The summed E-state index contributed by atoms with van der Waals surface area (Å²) < 4.78 is 43.0. The van der Waals surface area contributed by atoms with Crippen molar-refractivity contribution >= 4 is 5.97 Å². The average Bonchev–Trinajstić information content (AvgIpc) is 2.90. The molecule has 0 unspecified atom stereocenters. The summed E-state index contributed by atoms with van der Waals surface area (Å²) >= 11 is 0. The zero-order valence-corrected chi connectivity index (χ0v) is 10.4. The molecule has 7 nitrogen and oxygen atoms in total. The van der Waals surface area contributed by atoms with Crippen molar-refractivity contribution in [3.05, 3.63) is 46.4 Å². The molecule has 0 bridgehead atoms. The van der Waals surface area contributed by atoms with Gasteiger partial charge in [-0.05, 0) is 12.1 Å². The van der Waals surface area contributed by atoms with Crippen molar-refractivity contribution < 1.29 is 22.7 Å². The van der Waals surface area contributed by atoms with Crippen molar-refractivity contribution in [3.63, 3.8) is 0 Å². The van der Waals surface area contributed by atoms with E-state index in [1.165, 1.54) is 6.33 Å². The van der Waals surface area contributed by atoms with E-state index in [9.17, 15) is 22.8 Å². The highest BCUT2D eigenvalue weighted by Crippen LogP contribution is 2.25. The van der Waals surface area contributed by atoms with Crippen LogP contribution in [0.25, 0.3) is 0 Å². The van der Waals surface area contributed by atoms with Crippen molar-refractivity contribution in [1.29, 1.82) is 0 Å². The Labute approximate surface area is 115 Å². The molecule has 0 atom stereocenters. The van der Waals surface area contributed by atoms with Crippen LogP contribution in [0, 0.1) is 0 Å². The lowest BCUT2D eigenvalue weighted by atomic mass is 10.2. The third kappa shape index (κ3) is 3.68. The number of H-pyrrole nitrogens is 1.